The highest BCUT2D eigenvalue weighted by molar-refractivity contribution is 7.12. The van der Waals surface area contributed by atoms with Crippen molar-refractivity contribution in [1.82, 2.24) is 5.32 Å². The summed E-state index contributed by atoms with van der Waals surface area (Å²) in [5.41, 5.74) is 2.92. The summed E-state index contributed by atoms with van der Waals surface area (Å²) in [6.45, 7) is 8.96. The van der Waals surface area contributed by atoms with Gasteiger partial charge in [0.05, 0.1) is 6.04 Å². The Bertz CT molecular complexity index is 574. The zero-order valence-corrected chi connectivity index (χ0v) is 12.7. The summed E-state index contributed by atoms with van der Waals surface area (Å²) in [6.07, 6.45) is 0. The summed E-state index contributed by atoms with van der Waals surface area (Å²) >= 11 is 1.74. The molecule has 0 aliphatic rings. The molecule has 0 saturated heterocycles. The molecule has 0 fully saturated rings. The molecule has 1 aromatic carbocycles. The smallest absolute Gasteiger partial charge is 0.128 e. The largest absolute Gasteiger partial charge is 0.306 e. The lowest BCUT2D eigenvalue weighted by molar-refractivity contribution is 0.561. The molecule has 0 aliphatic carbocycles. The van der Waals surface area contributed by atoms with Gasteiger partial charge in [-0.15, -0.1) is 11.3 Å². The topological polar surface area (TPSA) is 12.0 Å². The quantitative estimate of drug-likeness (QED) is 0.867. The third-order valence-electron chi connectivity index (χ3n) is 3.22. The predicted octanol–water partition coefficient (Wildman–Crippen LogP) is 4.51. The van der Waals surface area contributed by atoms with E-state index in [9.17, 15) is 4.39 Å². The Kier molecular flexibility index (Phi) is 4.38. The van der Waals surface area contributed by atoms with Gasteiger partial charge >= 0.3 is 0 Å². The molecule has 0 spiro atoms. The molecule has 1 atom stereocenters. The molecule has 0 aliphatic heterocycles. The molecule has 1 aromatic heterocycles. The predicted molar refractivity (Wildman–Crippen MR) is 80.4 cm³/mol. The summed E-state index contributed by atoms with van der Waals surface area (Å²) in [4.78, 5) is 2.48. The molecule has 19 heavy (non-hydrogen) atoms. The highest BCUT2D eigenvalue weighted by atomic mass is 32.1. The van der Waals surface area contributed by atoms with Crippen LogP contribution in [-0.2, 0) is 0 Å². The Morgan fingerprint density at radius 1 is 1.21 bits per heavy atom. The molecule has 0 radical (unpaired) electrons. The van der Waals surface area contributed by atoms with Crippen LogP contribution in [0.2, 0.25) is 0 Å². The number of rotatable bonds is 4. The van der Waals surface area contributed by atoms with E-state index in [1.54, 1.807) is 17.4 Å². The molecular formula is C16H20FNS. The molecule has 102 valence electrons. The van der Waals surface area contributed by atoms with Gasteiger partial charge in [0.25, 0.3) is 0 Å². The van der Waals surface area contributed by atoms with E-state index in [1.807, 2.05) is 19.1 Å². The number of hydrogen-bond donors (Lipinski definition) is 1. The van der Waals surface area contributed by atoms with Gasteiger partial charge in [0.1, 0.15) is 5.82 Å². The SMILES string of the molecule is CCNC(c1ccc(C)cc1F)c1sc(C)cc1C. The molecule has 0 amide bonds. The molecule has 1 N–H and O–H groups in total. The maximum Gasteiger partial charge on any atom is 0.128 e. The van der Waals surface area contributed by atoms with E-state index in [0.29, 0.717) is 0 Å². The number of nitrogens with one attached hydrogen (secondary N) is 1. The number of benzene rings is 1. The molecule has 1 unspecified atom stereocenters. The van der Waals surface area contributed by atoms with Crippen molar-refractivity contribution in [1.29, 1.82) is 0 Å². The van der Waals surface area contributed by atoms with Crippen LogP contribution in [0.1, 0.15) is 39.4 Å². The Morgan fingerprint density at radius 2 is 1.95 bits per heavy atom. The summed E-state index contributed by atoms with van der Waals surface area (Å²) in [5, 5.41) is 3.40. The lowest BCUT2D eigenvalue weighted by atomic mass is 10.0. The van der Waals surface area contributed by atoms with E-state index in [-0.39, 0.29) is 11.9 Å². The summed E-state index contributed by atoms with van der Waals surface area (Å²) in [6, 6.07) is 7.58. The maximum absolute atomic E-state index is 14.2. The highest BCUT2D eigenvalue weighted by Gasteiger charge is 2.20. The second-order valence-corrected chi connectivity index (χ2v) is 6.21. The minimum absolute atomic E-state index is 0.0516. The fraction of sp³-hybridized carbons (Fsp3) is 0.375. The molecule has 0 saturated carbocycles. The highest BCUT2D eigenvalue weighted by Crippen LogP contribution is 2.33. The van der Waals surface area contributed by atoms with Crippen molar-refractivity contribution in [3.05, 3.63) is 56.5 Å². The number of thiophene rings is 1. The van der Waals surface area contributed by atoms with Crippen molar-refractivity contribution < 1.29 is 4.39 Å². The van der Waals surface area contributed by atoms with Gasteiger partial charge in [0, 0.05) is 15.3 Å². The molecule has 1 nitrogen and oxygen atoms in total. The molecule has 2 rings (SSSR count). The van der Waals surface area contributed by atoms with Gasteiger partial charge in [-0.1, -0.05) is 19.1 Å². The summed E-state index contributed by atoms with van der Waals surface area (Å²) in [5.74, 6) is -0.128. The normalized spacial score (nSPS) is 12.7. The van der Waals surface area contributed by atoms with Crippen LogP contribution in [0.25, 0.3) is 0 Å². The van der Waals surface area contributed by atoms with Crippen LogP contribution in [0.3, 0.4) is 0 Å². The Morgan fingerprint density at radius 3 is 2.47 bits per heavy atom. The van der Waals surface area contributed by atoms with Gasteiger partial charge in [-0.3, -0.25) is 0 Å². The van der Waals surface area contributed by atoms with Crippen LogP contribution in [0.15, 0.2) is 24.3 Å². The third-order valence-corrected chi connectivity index (χ3v) is 4.43. The fourth-order valence-electron chi connectivity index (χ4n) is 2.36. The lowest BCUT2D eigenvalue weighted by Crippen LogP contribution is -2.22. The summed E-state index contributed by atoms with van der Waals surface area (Å²) in [7, 11) is 0. The monoisotopic (exact) mass is 277 g/mol. The van der Waals surface area contributed by atoms with Crippen LogP contribution >= 0.6 is 11.3 Å². The van der Waals surface area contributed by atoms with Crippen LogP contribution in [0.4, 0.5) is 4.39 Å². The third kappa shape index (κ3) is 3.04. The number of halogens is 1. The van der Waals surface area contributed by atoms with E-state index < -0.39 is 0 Å². The molecule has 1 heterocycles. The first kappa shape index (κ1) is 14.2. The van der Waals surface area contributed by atoms with Crippen LogP contribution in [0, 0.1) is 26.6 Å². The number of aryl methyl sites for hydroxylation is 3. The molecular weight excluding hydrogens is 257 g/mol. The van der Waals surface area contributed by atoms with Crippen molar-refractivity contribution in [2.45, 2.75) is 33.7 Å². The minimum atomic E-state index is -0.128. The van der Waals surface area contributed by atoms with Crippen molar-refractivity contribution >= 4 is 11.3 Å². The summed E-state index contributed by atoms with van der Waals surface area (Å²) < 4.78 is 14.2. The standard InChI is InChI=1S/C16H20FNS/c1-5-18-15(16-11(3)9-12(4)19-16)13-7-6-10(2)8-14(13)17/h6-9,15,18H,5H2,1-4H3. The molecule has 3 heteroatoms. The second-order valence-electron chi connectivity index (χ2n) is 4.92. The van der Waals surface area contributed by atoms with Crippen LogP contribution in [0.5, 0.6) is 0 Å². The van der Waals surface area contributed by atoms with E-state index in [2.05, 4.69) is 32.2 Å². The van der Waals surface area contributed by atoms with Gasteiger partial charge in [-0.25, -0.2) is 4.39 Å². The first-order chi connectivity index (χ1) is 9.02. The molecule has 0 bridgehead atoms. The van der Waals surface area contributed by atoms with Gasteiger partial charge in [-0.2, -0.15) is 0 Å². The lowest BCUT2D eigenvalue weighted by Gasteiger charge is -2.19. The van der Waals surface area contributed by atoms with Crippen molar-refractivity contribution in [3.8, 4) is 0 Å². The Labute approximate surface area is 118 Å². The average Bonchev–Trinajstić information content (AvgIpc) is 2.66. The van der Waals surface area contributed by atoms with Gasteiger partial charge in [0.2, 0.25) is 0 Å². The van der Waals surface area contributed by atoms with Crippen LogP contribution in [-0.4, -0.2) is 6.54 Å². The first-order valence-electron chi connectivity index (χ1n) is 6.59. The van der Waals surface area contributed by atoms with E-state index in [1.165, 1.54) is 15.3 Å². The molecule has 2 aromatic rings. The Hall–Kier alpha value is -1.19. The van der Waals surface area contributed by atoms with E-state index in [0.717, 1.165) is 17.7 Å². The Balaban J connectivity index is 2.48. The average molecular weight is 277 g/mol. The zero-order chi connectivity index (χ0) is 14.0. The second kappa shape index (κ2) is 5.85. The number of hydrogen-bond acceptors (Lipinski definition) is 2. The first-order valence-corrected chi connectivity index (χ1v) is 7.41. The van der Waals surface area contributed by atoms with E-state index >= 15 is 0 Å². The van der Waals surface area contributed by atoms with E-state index in [4.69, 9.17) is 0 Å². The van der Waals surface area contributed by atoms with Crippen molar-refractivity contribution in [3.63, 3.8) is 0 Å². The minimum Gasteiger partial charge on any atom is -0.306 e. The van der Waals surface area contributed by atoms with Crippen LogP contribution < -0.4 is 5.32 Å². The zero-order valence-electron chi connectivity index (χ0n) is 11.9. The van der Waals surface area contributed by atoms with Gasteiger partial charge < -0.3 is 5.32 Å². The van der Waals surface area contributed by atoms with Crippen molar-refractivity contribution in [2.75, 3.05) is 6.54 Å². The van der Waals surface area contributed by atoms with Gasteiger partial charge in [0.15, 0.2) is 0 Å². The fourth-order valence-corrected chi connectivity index (χ4v) is 3.49. The van der Waals surface area contributed by atoms with Gasteiger partial charge in [-0.05, 0) is 50.6 Å². The maximum atomic E-state index is 14.2. The van der Waals surface area contributed by atoms with Crippen molar-refractivity contribution in [2.24, 2.45) is 0 Å².